The molecule has 0 radical (unpaired) electrons. The van der Waals surface area contributed by atoms with Gasteiger partial charge in [0.25, 0.3) is 0 Å². The second-order valence-electron chi connectivity index (χ2n) is 5.63. The van der Waals surface area contributed by atoms with E-state index in [1.54, 1.807) is 13.0 Å². The molecule has 0 aliphatic carbocycles. The number of hydrogen-bond donors (Lipinski definition) is 1. The van der Waals surface area contributed by atoms with Crippen LogP contribution in [0, 0.1) is 0 Å². The molecule has 0 saturated carbocycles. The van der Waals surface area contributed by atoms with Crippen LogP contribution in [0.15, 0.2) is 42.7 Å². The number of carbonyl (C=O) groups excluding carboxylic acids is 1. The Bertz CT molecular complexity index is 696. The van der Waals surface area contributed by atoms with Gasteiger partial charge in [-0.25, -0.2) is 14.8 Å². The molecule has 0 spiro atoms. The van der Waals surface area contributed by atoms with Crippen molar-refractivity contribution in [3.63, 3.8) is 0 Å². The summed E-state index contributed by atoms with van der Waals surface area (Å²) in [6.45, 7) is 2.63. The summed E-state index contributed by atoms with van der Waals surface area (Å²) in [5, 5.41) is 3.32. The minimum atomic E-state index is -0.534. The summed E-state index contributed by atoms with van der Waals surface area (Å²) in [5.41, 5.74) is 0. The van der Waals surface area contributed by atoms with Gasteiger partial charge in [-0.1, -0.05) is 18.2 Å². The molecule has 7 heteroatoms. The van der Waals surface area contributed by atoms with Crippen LogP contribution in [-0.2, 0) is 14.3 Å². The molecule has 7 nitrogen and oxygen atoms in total. The van der Waals surface area contributed by atoms with Crippen molar-refractivity contribution in [3.05, 3.63) is 42.7 Å². The van der Waals surface area contributed by atoms with E-state index in [1.807, 2.05) is 30.3 Å². The van der Waals surface area contributed by atoms with Crippen molar-refractivity contribution < 1.29 is 19.0 Å². The first-order valence-electron chi connectivity index (χ1n) is 8.34. The number of para-hydroxylation sites is 1. The summed E-state index contributed by atoms with van der Waals surface area (Å²) in [5.74, 6) is 1.50. The molecule has 1 aliphatic rings. The normalized spacial score (nSPS) is 19.9. The number of aromatic nitrogens is 2. The van der Waals surface area contributed by atoms with Gasteiger partial charge in [-0.2, -0.15) is 0 Å². The lowest BCUT2D eigenvalue weighted by molar-refractivity contribution is -0.159. The molecule has 1 aliphatic heterocycles. The molecule has 1 fully saturated rings. The quantitative estimate of drug-likeness (QED) is 0.808. The molecule has 1 aromatic carbocycles. The zero-order valence-electron chi connectivity index (χ0n) is 14.1. The maximum absolute atomic E-state index is 11.8. The minimum absolute atomic E-state index is 0.0719. The van der Waals surface area contributed by atoms with Crippen molar-refractivity contribution in [2.24, 2.45) is 0 Å². The first-order valence-corrected chi connectivity index (χ1v) is 8.34. The molecule has 1 aromatic heterocycles. The molecule has 1 N–H and O–H groups in total. The number of carbonyl (C=O) groups is 1. The van der Waals surface area contributed by atoms with Crippen LogP contribution in [0.4, 0.5) is 5.82 Å². The summed E-state index contributed by atoms with van der Waals surface area (Å²) < 4.78 is 16.2. The fourth-order valence-electron chi connectivity index (χ4n) is 2.62. The number of nitrogens with zero attached hydrogens (tertiary/aromatic N) is 2. The highest BCUT2D eigenvalue weighted by Crippen LogP contribution is 2.23. The summed E-state index contributed by atoms with van der Waals surface area (Å²) in [6, 6.07) is 11.2. The lowest BCUT2D eigenvalue weighted by atomic mass is 10.0. The lowest BCUT2D eigenvalue weighted by Crippen LogP contribution is -2.39. The Labute approximate surface area is 146 Å². The average molecular weight is 343 g/mol. The van der Waals surface area contributed by atoms with Crippen molar-refractivity contribution in [1.29, 1.82) is 0 Å². The van der Waals surface area contributed by atoms with Gasteiger partial charge in [0.2, 0.25) is 5.88 Å². The summed E-state index contributed by atoms with van der Waals surface area (Å²) in [4.78, 5) is 20.2. The van der Waals surface area contributed by atoms with E-state index in [2.05, 4.69) is 15.3 Å². The number of nitrogens with one attached hydrogen (secondary N) is 1. The lowest BCUT2D eigenvalue weighted by Gasteiger charge is -2.29. The van der Waals surface area contributed by atoms with Crippen molar-refractivity contribution in [1.82, 2.24) is 9.97 Å². The van der Waals surface area contributed by atoms with Crippen LogP contribution in [-0.4, -0.2) is 41.3 Å². The van der Waals surface area contributed by atoms with E-state index < -0.39 is 6.10 Å². The maximum atomic E-state index is 11.8. The van der Waals surface area contributed by atoms with Gasteiger partial charge >= 0.3 is 5.97 Å². The fourth-order valence-corrected chi connectivity index (χ4v) is 2.62. The van der Waals surface area contributed by atoms with Crippen molar-refractivity contribution >= 4 is 11.8 Å². The van der Waals surface area contributed by atoms with Gasteiger partial charge in [-0.15, -0.1) is 0 Å². The third kappa shape index (κ3) is 4.90. The Morgan fingerprint density at radius 3 is 2.96 bits per heavy atom. The van der Waals surface area contributed by atoms with Gasteiger partial charge in [-0.3, -0.25) is 0 Å². The van der Waals surface area contributed by atoms with Gasteiger partial charge in [0, 0.05) is 25.1 Å². The van der Waals surface area contributed by atoms with Crippen LogP contribution >= 0.6 is 0 Å². The van der Waals surface area contributed by atoms with Crippen molar-refractivity contribution in [3.8, 4) is 11.6 Å². The van der Waals surface area contributed by atoms with E-state index in [0.717, 1.165) is 6.42 Å². The fraction of sp³-hybridized carbons (Fsp3) is 0.389. The second kappa shape index (κ2) is 8.43. The smallest absolute Gasteiger partial charge is 0.335 e. The highest BCUT2D eigenvalue weighted by molar-refractivity contribution is 5.75. The topological polar surface area (TPSA) is 82.6 Å². The first-order chi connectivity index (χ1) is 12.2. The van der Waals surface area contributed by atoms with E-state index >= 15 is 0 Å². The molecule has 2 aromatic rings. The molecule has 1 saturated heterocycles. The number of anilines is 1. The van der Waals surface area contributed by atoms with E-state index in [-0.39, 0.29) is 12.0 Å². The standard InChI is InChI=1S/C18H21N3O4/c1-2-23-18(22)15-10-13(8-9-24-15)21-16-11-17(20-12-19-16)25-14-6-4-3-5-7-14/h3-7,11-13,15H,2,8-10H2,1H3,(H,19,20,21)/t13-,15-/m0/s1. The monoisotopic (exact) mass is 343 g/mol. The van der Waals surface area contributed by atoms with Crippen LogP contribution in [0.3, 0.4) is 0 Å². The Balaban J connectivity index is 1.61. The zero-order valence-corrected chi connectivity index (χ0v) is 14.1. The van der Waals surface area contributed by atoms with Crippen LogP contribution < -0.4 is 10.1 Å². The van der Waals surface area contributed by atoms with Gasteiger partial charge in [0.05, 0.1) is 6.61 Å². The number of hydrogen-bond acceptors (Lipinski definition) is 7. The summed E-state index contributed by atoms with van der Waals surface area (Å²) >= 11 is 0. The Morgan fingerprint density at radius 1 is 1.32 bits per heavy atom. The molecule has 0 amide bonds. The molecule has 0 unspecified atom stereocenters. The zero-order chi connectivity index (χ0) is 17.5. The second-order valence-corrected chi connectivity index (χ2v) is 5.63. The highest BCUT2D eigenvalue weighted by atomic mass is 16.6. The van der Waals surface area contributed by atoms with Crippen LogP contribution in [0.25, 0.3) is 0 Å². The Kier molecular flexibility index (Phi) is 5.79. The predicted molar refractivity (Wildman–Crippen MR) is 91.6 cm³/mol. The molecule has 2 heterocycles. The highest BCUT2D eigenvalue weighted by Gasteiger charge is 2.29. The summed E-state index contributed by atoms with van der Waals surface area (Å²) in [6.07, 6.45) is 2.24. The number of benzene rings is 1. The van der Waals surface area contributed by atoms with Gasteiger partial charge in [0.1, 0.15) is 17.9 Å². The van der Waals surface area contributed by atoms with Crippen LogP contribution in [0.2, 0.25) is 0 Å². The minimum Gasteiger partial charge on any atom is -0.464 e. The molecule has 132 valence electrons. The van der Waals surface area contributed by atoms with Gasteiger partial charge in [0.15, 0.2) is 6.10 Å². The van der Waals surface area contributed by atoms with Gasteiger partial charge in [-0.05, 0) is 25.5 Å². The van der Waals surface area contributed by atoms with Crippen molar-refractivity contribution in [2.75, 3.05) is 18.5 Å². The maximum Gasteiger partial charge on any atom is 0.335 e. The van der Waals surface area contributed by atoms with Crippen LogP contribution in [0.5, 0.6) is 11.6 Å². The third-order valence-corrected chi connectivity index (χ3v) is 3.79. The Morgan fingerprint density at radius 2 is 2.16 bits per heavy atom. The average Bonchev–Trinajstić information content (AvgIpc) is 2.63. The molecular weight excluding hydrogens is 322 g/mol. The SMILES string of the molecule is CCOC(=O)[C@@H]1C[C@@H](Nc2cc(Oc3ccccc3)ncn2)CCO1. The molecule has 0 bridgehead atoms. The molecule has 3 rings (SSSR count). The van der Waals surface area contributed by atoms with E-state index in [9.17, 15) is 4.79 Å². The van der Waals surface area contributed by atoms with Crippen molar-refractivity contribution in [2.45, 2.75) is 31.9 Å². The molecular formula is C18H21N3O4. The third-order valence-electron chi connectivity index (χ3n) is 3.79. The first kappa shape index (κ1) is 17.2. The molecule has 25 heavy (non-hydrogen) atoms. The van der Waals surface area contributed by atoms with E-state index in [0.29, 0.717) is 37.1 Å². The Hall–Kier alpha value is -2.67. The van der Waals surface area contributed by atoms with E-state index in [1.165, 1.54) is 6.33 Å². The van der Waals surface area contributed by atoms with E-state index in [4.69, 9.17) is 14.2 Å². The summed E-state index contributed by atoms with van der Waals surface area (Å²) in [7, 11) is 0. The largest absolute Gasteiger partial charge is 0.464 e. The number of esters is 1. The molecule has 2 atom stereocenters. The number of rotatable bonds is 6. The number of ether oxygens (including phenoxy) is 3. The van der Waals surface area contributed by atoms with Gasteiger partial charge < -0.3 is 19.5 Å². The van der Waals surface area contributed by atoms with Crippen LogP contribution in [0.1, 0.15) is 19.8 Å². The predicted octanol–water partition coefficient (Wildman–Crippen LogP) is 2.79.